The molecular formula is C14H16FNO3. The fourth-order valence-electron chi connectivity index (χ4n) is 1.86. The van der Waals surface area contributed by atoms with Gasteiger partial charge < -0.3 is 9.52 Å². The summed E-state index contributed by atoms with van der Waals surface area (Å²) in [5, 5.41) is 9.35. The zero-order valence-electron chi connectivity index (χ0n) is 11.1. The second-order valence-electron chi connectivity index (χ2n) is 5.27. The highest BCUT2D eigenvalue weighted by molar-refractivity contribution is 5.75. The third-order valence-corrected chi connectivity index (χ3v) is 3.68. The number of halogens is 1. The molecule has 0 saturated heterocycles. The first kappa shape index (κ1) is 13.5. The van der Waals surface area contributed by atoms with Gasteiger partial charge in [-0.2, -0.15) is 0 Å². The average molecular weight is 265 g/mol. The van der Waals surface area contributed by atoms with Gasteiger partial charge in [-0.3, -0.25) is 4.79 Å². The first-order chi connectivity index (χ1) is 8.83. The number of carboxylic acids is 1. The van der Waals surface area contributed by atoms with Gasteiger partial charge >= 0.3 is 5.97 Å². The first-order valence-electron chi connectivity index (χ1n) is 6.11. The average Bonchev–Trinajstić information content (AvgIpc) is 2.69. The van der Waals surface area contributed by atoms with Crippen LogP contribution in [0.25, 0.3) is 11.1 Å². The number of oxazole rings is 1. The normalized spacial score (nSPS) is 14.8. The van der Waals surface area contributed by atoms with Crippen LogP contribution in [0.15, 0.2) is 22.6 Å². The monoisotopic (exact) mass is 265 g/mol. The molecule has 0 saturated carbocycles. The Morgan fingerprint density at radius 2 is 2.21 bits per heavy atom. The van der Waals surface area contributed by atoms with Crippen LogP contribution < -0.4 is 0 Å². The molecule has 1 unspecified atom stereocenters. The quantitative estimate of drug-likeness (QED) is 0.921. The van der Waals surface area contributed by atoms with Crippen molar-refractivity contribution in [3.05, 3.63) is 29.9 Å². The van der Waals surface area contributed by atoms with Crippen LogP contribution >= 0.6 is 0 Å². The predicted molar refractivity (Wildman–Crippen MR) is 68.3 cm³/mol. The summed E-state index contributed by atoms with van der Waals surface area (Å²) in [6, 6.07) is 4.06. The molecule has 1 aromatic carbocycles. The van der Waals surface area contributed by atoms with E-state index in [0.717, 1.165) is 0 Å². The molecule has 19 heavy (non-hydrogen) atoms. The Kier molecular flexibility index (Phi) is 3.30. The van der Waals surface area contributed by atoms with Gasteiger partial charge in [0.05, 0.1) is 5.41 Å². The fraction of sp³-hybridized carbons (Fsp3) is 0.429. The Morgan fingerprint density at radius 3 is 2.79 bits per heavy atom. The molecule has 1 N–H and O–H groups in total. The highest BCUT2D eigenvalue weighted by atomic mass is 19.1. The molecule has 0 radical (unpaired) electrons. The molecule has 102 valence electrons. The van der Waals surface area contributed by atoms with Crippen LogP contribution in [-0.2, 0) is 11.2 Å². The van der Waals surface area contributed by atoms with E-state index >= 15 is 0 Å². The van der Waals surface area contributed by atoms with Gasteiger partial charge in [-0.1, -0.05) is 13.8 Å². The van der Waals surface area contributed by atoms with Crippen LogP contribution in [0.4, 0.5) is 4.39 Å². The van der Waals surface area contributed by atoms with Crippen molar-refractivity contribution in [3.63, 3.8) is 0 Å². The maximum absolute atomic E-state index is 13.1. The second-order valence-corrected chi connectivity index (χ2v) is 5.27. The molecule has 2 rings (SSSR count). The molecule has 4 nitrogen and oxygen atoms in total. The van der Waals surface area contributed by atoms with Crippen LogP contribution in [0.2, 0.25) is 0 Å². The van der Waals surface area contributed by atoms with Crippen molar-refractivity contribution in [2.24, 2.45) is 11.3 Å². The summed E-state index contributed by atoms with van der Waals surface area (Å²) in [5.74, 6) is -1.04. The zero-order valence-corrected chi connectivity index (χ0v) is 11.1. The molecule has 0 fully saturated rings. The minimum atomic E-state index is -0.959. The molecule has 0 aliphatic heterocycles. The minimum Gasteiger partial charge on any atom is -0.481 e. The van der Waals surface area contributed by atoms with Gasteiger partial charge in [-0.25, -0.2) is 9.37 Å². The maximum atomic E-state index is 13.1. The van der Waals surface area contributed by atoms with Crippen molar-refractivity contribution in [1.82, 2.24) is 4.98 Å². The lowest BCUT2D eigenvalue weighted by atomic mass is 9.76. The lowest BCUT2D eigenvalue weighted by Crippen LogP contribution is -2.35. The van der Waals surface area contributed by atoms with E-state index in [1.807, 2.05) is 13.8 Å². The highest BCUT2D eigenvalue weighted by Crippen LogP contribution is 2.32. The summed E-state index contributed by atoms with van der Waals surface area (Å²) in [6.45, 7) is 5.35. The molecule has 0 aliphatic carbocycles. The van der Waals surface area contributed by atoms with E-state index < -0.39 is 17.2 Å². The topological polar surface area (TPSA) is 63.3 Å². The Labute approximate surface area is 110 Å². The van der Waals surface area contributed by atoms with Crippen LogP contribution in [0.3, 0.4) is 0 Å². The summed E-state index contributed by atoms with van der Waals surface area (Å²) >= 11 is 0. The number of hydrogen-bond acceptors (Lipinski definition) is 3. The lowest BCUT2D eigenvalue weighted by molar-refractivity contribution is -0.150. The molecule has 0 spiro atoms. The van der Waals surface area contributed by atoms with Crippen molar-refractivity contribution in [2.45, 2.75) is 27.2 Å². The van der Waals surface area contributed by atoms with E-state index in [0.29, 0.717) is 17.0 Å². The van der Waals surface area contributed by atoms with E-state index in [9.17, 15) is 14.3 Å². The number of carboxylic acid groups (broad SMARTS) is 1. The Morgan fingerprint density at radius 1 is 1.53 bits per heavy atom. The number of aliphatic carboxylic acids is 1. The molecule has 1 atom stereocenters. The van der Waals surface area contributed by atoms with Crippen LogP contribution in [0.1, 0.15) is 26.7 Å². The summed E-state index contributed by atoms with van der Waals surface area (Å²) in [5.41, 5.74) is -0.0845. The maximum Gasteiger partial charge on any atom is 0.310 e. The molecule has 1 heterocycles. The number of nitrogens with zero attached hydrogens (tertiary/aromatic N) is 1. The van der Waals surface area contributed by atoms with E-state index in [-0.39, 0.29) is 12.3 Å². The van der Waals surface area contributed by atoms with Crippen molar-refractivity contribution in [3.8, 4) is 0 Å². The van der Waals surface area contributed by atoms with Gasteiger partial charge in [0.15, 0.2) is 11.5 Å². The smallest absolute Gasteiger partial charge is 0.310 e. The van der Waals surface area contributed by atoms with Gasteiger partial charge in [0.2, 0.25) is 0 Å². The first-order valence-corrected chi connectivity index (χ1v) is 6.11. The molecule has 0 bridgehead atoms. The van der Waals surface area contributed by atoms with Crippen molar-refractivity contribution < 1.29 is 18.7 Å². The summed E-state index contributed by atoms with van der Waals surface area (Å²) in [7, 11) is 0. The lowest BCUT2D eigenvalue weighted by Gasteiger charge is -2.27. The number of rotatable bonds is 4. The van der Waals surface area contributed by atoms with Crippen molar-refractivity contribution >= 4 is 17.1 Å². The van der Waals surface area contributed by atoms with Crippen molar-refractivity contribution in [1.29, 1.82) is 0 Å². The van der Waals surface area contributed by atoms with Crippen LogP contribution in [-0.4, -0.2) is 16.1 Å². The van der Waals surface area contributed by atoms with E-state index in [1.165, 1.54) is 18.2 Å². The predicted octanol–water partition coefficient (Wildman–Crippen LogP) is 3.26. The van der Waals surface area contributed by atoms with Crippen LogP contribution in [0.5, 0.6) is 0 Å². The van der Waals surface area contributed by atoms with Crippen molar-refractivity contribution in [2.75, 3.05) is 0 Å². The Balaban J connectivity index is 2.37. The number of fused-ring (bicyclic) bond motifs is 1. The van der Waals surface area contributed by atoms with Gasteiger partial charge in [-0.05, 0) is 25.0 Å². The molecule has 0 aliphatic rings. The summed E-state index contributed by atoms with van der Waals surface area (Å²) in [6.07, 6.45) is 0.177. The van der Waals surface area contributed by atoms with Gasteiger partial charge in [0, 0.05) is 12.5 Å². The Bertz CT molecular complexity index is 620. The number of hydrogen-bond donors (Lipinski definition) is 1. The third kappa shape index (κ3) is 2.45. The number of aromatic nitrogens is 1. The SMILES string of the molecule is CC(C)C(C)(Cc1nc2cc(F)ccc2o1)C(=O)O. The zero-order chi connectivity index (χ0) is 14.2. The number of carbonyl (C=O) groups is 1. The summed E-state index contributed by atoms with van der Waals surface area (Å²) in [4.78, 5) is 15.6. The van der Waals surface area contributed by atoms with E-state index in [1.54, 1.807) is 6.92 Å². The number of benzene rings is 1. The molecule has 1 aromatic heterocycles. The van der Waals surface area contributed by atoms with E-state index in [2.05, 4.69) is 4.98 Å². The standard InChI is InChI=1S/C14H16FNO3/c1-8(2)14(3,13(17)18)7-12-16-10-6-9(15)4-5-11(10)19-12/h4-6,8H,7H2,1-3H3,(H,17,18). The van der Waals surface area contributed by atoms with Gasteiger partial charge in [-0.15, -0.1) is 0 Å². The van der Waals surface area contributed by atoms with Gasteiger partial charge in [0.1, 0.15) is 11.3 Å². The largest absolute Gasteiger partial charge is 0.481 e. The Hall–Kier alpha value is -1.91. The molecular weight excluding hydrogens is 249 g/mol. The fourth-order valence-corrected chi connectivity index (χ4v) is 1.86. The van der Waals surface area contributed by atoms with Gasteiger partial charge in [0.25, 0.3) is 0 Å². The molecule has 5 heteroatoms. The second kappa shape index (κ2) is 4.64. The van der Waals surface area contributed by atoms with E-state index in [4.69, 9.17) is 4.42 Å². The highest BCUT2D eigenvalue weighted by Gasteiger charge is 2.38. The molecule has 2 aromatic rings. The van der Waals surface area contributed by atoms with Crippen LogP contribution in [0, 0.1) is 17.2 Å². The summed E-state index contributed by atoms with van der Waals surface area (Å²) < 4.78 is 18.5. The minimum absolute atomic E-state index is 0.0725. The third-order valence-electron chi connectivity index (χ3n) is 3.68. The molecule has 0 amide bonds.